The Morgan fingerprint density at radius 3 is 2.77 bits per heavy atom. The summed E-state index contributed by atoms with van der Waals surface area (Å²) in [5.41, 5.74) is 2.98. The SMILES string of the molecule is Cc1sc2ncnc(N3CCC(C(=O)Nc4cccc5ncccc45)CC3)c2c1C. The number of carbonyl (C=O) groups excluding carboxylic acids is 1. The smallest absolute Gasteiger partial charge is 0.227 e. The number of amides is 1. The summed E-state index contributed by atoms with van der Waals surface area (Å²) in [6.07, 6.45) is 5.04. The van der Waals surface area contributed by atoms with Gasteiger partial charge < -0.3 is 10.2 Å². The van der Waals surface area contributed by atoms with E-state index in [-0.39, 0.29) is 11.8 Å². The minimum absolute atomic E-state index is 0.00388. The van der Waals surface area contributed by atoms with Crippen LogP contribution in [0.1, 0.15) is 23.3 Å². The number of nitrogens with zero attached hydrogens (tertiary/aromatic N) is 4. The molecule has 4 heterocycles. The molecular formula is C23H23N5OS. The number of thiophene rings is 1. The highest BCUT2D eigenvalue weighted by Gasteiger charge is 2.27. The Labute approximate surface area is 179 Å². The van der Waals surface area contributed by atoms with Crippen LogP contribution in [0.15, 0.2) is 42.9 Å². The molecule has 5 rings (SSSR count). The zero-order valence-corrected chi connectivity index (χ0v) is 17.9. The van der Waals surface area contributed by atoms with Crippen LogP contribution in [0, 0.1) is 19.8 Å². The number of aromatic nitrogens is 3. The van der Waals surface area contributed by atoms with E-state index in [1.165, 1.54) is 10.4 Å². The van der Waals surface area contributed by atoms with Crippen molar-refractivity contribution in [2.24, 2.45) is 5.92 Å². The molecule has 1 N–H and O–H groups in total. The number of carbonyl (C=O) groups is 1. The van der Waals surface area contributed by atoms with Crippen molar-refractivity contribution < 1.29 is 4.79 Å². The van der Waals surface area contributed by atoms with Gasteiger partial charge in [-0.2, -0.15) is 0 Å². The number of aryl methyl sites for hydroxylation is 2. The highest BCUT2D eigenvalue weighted by Crippen LogP contribution is 2.35. The summed E-state index contributed by atoms with van der Waals surface area (Å²) < 4.78 is 0. The monoisotopic (exact) mass is 417 g/mol. The zero-order valence-electron chi connectivity index (χ0n) is 17.1. The van der Waals surface area contributed by atoms with Crippen molar-refractivity contribution in [1.82, 2.24) is 15.0 Å². The Morgan fingerprint density at radius 1 is 1.10 bits per heavy atom. The molecule has 4 aromatic rings. The molecule has 1 aliphatic heterocycles. The largest absolute Gasteiger partial charge is 0.356 e. The molecule has 1 aromatic carbocycles. The Balaban J connectivity index is 1.31. The van der Waals surface area contributed by atoms with Crippen molar-refractivity contribution >= 4 is 49.9 Å². The van der Waals surface area contributed by atoms with Gasteiger partial charge in [-0.15, -0.1) is 11.3 Å². The fourth-order valence-corrected chi connectivity index (χ4v) is 5.20. The highest BCUT2D eigenvalue weighted by molar-refractivity contribution is 7.18. The van der Waals surface area contributed by atoms with Crippen molar-refractivity contribution in [3.05, 3.63) is 53.3 Å². The average Bonchev–Trinajstić information content (AvgIpc) is 3.08. The third-order valence-corrected chi connectivity index (χ3v) is 7.13. The van der Waals surface area contributed by atoms with Crippen molar-refractivity contribution in [2.45, 2.75) is 26.7 Å². The second-order valence-corrected chi connectivity index (χ2v) is 8.99. The molecule has 3 aromatic heterocycles. The fourth-order valence-electron chi connectivity index (χ4n) is 4.20. The van der Waals surface area contributed by atoms with Gasteiger partial charge in [0.15, 0.2) is 0 Å². The second kappa shape index (κ2) is 7.65. The molecule has 0 atom stereocenters. The maximum Gasteiger partial charge on any atom is 0.227 e. The van der Waals surface area contributed by atoms with Crippen LogP contribution < -0.4 is 10.2 Å². The summed E-state index contributed by atoms with van der Waals surface area (Å²) in [6, 6.07) is 9.72. The molecular weight excluding hydrogens is 394 g/mol. The predicted octanol–water partition coefficient (Wildman–Crippen LogP) is 4.71. The minimum Gasteiger partial charge on any atom is -0.356 e. The minimum atomic E-state index is -0.00388. The molecule has 0 radical (unpaired) electrons. The lowest BCUT2D eigenvalue weighted by Gasteiger charge is -2.32. The normalized spacial score (nSPS) is 15.1. The van der Waals surface area contributed by atoms with Gasteiger partial charge in [0.25, 0.3) is 0 Å². The van der Waals surface area contributed by atoms with Crippen LogP contribution in [-0.4, -0.2) is 33.9 Å². The van der Waals surface area contributed by atoms with Gasteiger partial charge in [0.2, 0.25) is 5.91 Å². The van der Waals surface area contributed by atoms with E-state index in [0.29, 0.717) is 0 Å². The summed E-state index contributed by atoms with van der Waals surface area (Å²) in [5, 5.41) is 5.26. The van der Waals surface area contributed by atoms with Gasteiger partial charge in [-0.1, -0.05) is 6.07 Å². The molecule has 1 saturated heterocycles. The standard InChI is InChI=1S/C23H23N5OS/c1-14-15(2)30-23-20(14)21(25-13-26-23)28-11-8-16(9-12-28)22(29)27-19-7-3-6-18-17(19)5-4-10-24-18/h3-7,10,13,16H,8-9,11-12H2,1-2H3,(H,27,29). The molecule has 1 aliphatic rings. The first kappa shape index (κ1) is 18.9. The first-order valence-electron chi connectivity index (χ1n) is 10.2. The summed E-state index contributed by atoms with van der Waals surface area (Å²) in [7, 11) is 0. The van der Waals surface area contributed by atoms with Gasteiger partial charge in [0, 0.05) is 35.5 Å². The van der Waals surface area contributed by atoms with Crippen LogP contribution in [0.4, 0.5) is 11.5 Å². The summed E-state index contributed by atoms with van der Waals surface area (Å²) >= 11 is 1.72. The predicted molar refractivity (Wildman–Crippen MR) is 122 cm³/mol. The number of nitrogens with one attached hydrogen (secondary N) is 1. The van der Waals surface area contributed by atoms with Crippen molar-refractivity contribution in [1.29, 1.82) is 0 Å². The molecule has 0 aliphatic carbocycles. The number of rotatable bonds is 3. The van der Waals surface area contributed by atoms with Crippen molar-refractivity contribution in [3.8, 4) is 0 Å². The highest BCUT2D eigenvalue weighted by atomic mass is 32.1. The van der Waals surface area contributed by atoms with Crippen LogP contribution in [0.3, 0.4) is 0 Å². The number of anilines is 2. The van der Waals surface area contributed by atoms with E-state index in [1.807, 2.05) is 30.3 Å². The lowest BCUT2D eigenvalue weighted by Crippen LogP contribution is -2.38. The fraction of sp³-hybridized carbons (Fsp3) is 0.304. The molecule has 6 nitrogen and oxygen atoms in total. The number of hydrogen-bond donors (Lipinski definition) is 1. The molecule has 1 amide bonds. The molecule has 152 valence electrons. The number of fused-ring (bicyclic) bond motifs is 2. The third kappa shape index (κ3) is 3.29. The van der Waals surface area contributed by atoms with E-state index >= 15 is 0 Å². The van der Waals surface area contributed by atoms with Crippen molar-refractivity contribution in [2.75, 3.05) is 23.3 Å². The molecule has 1 fully saturated rings. The van der Waals surface area contributed by atoms with Crippen molar-refractivity contribution in [3.63, 3.8) is 0 Å². The maximum atomic E-state index is 13.0. The summed E-state index contributed by atoms with van der Waals surface area (Å²) in [6.45, 7) is 5.90. The number of hydrogen-bond acceptors (Lipinski definition) is 6. The topological polar surface area (TPSA) is 71.0 Å². The van der Waals surface area contributed by atoms with Crippen LogP contribution in [0.25, 0.3) is 21.1 Å². The van der Waals surface area contributed by atoms with Gasteiger partial charge in [-0.25, -0.2) is 9.97 Å². The van der Waals surface area contributed by atoms with Gasteiger partial charge in [0.05, 0.1) is 16.6 Å². The second-order valence-electron chi connectivity index (χ2n) is 7.79. The third-order valence-electron chi connectivity index (χ3n) is 6.01. The van der Waals surface area contributed by atoms with Gasteiger partial charge >= 0.3 is 0 Å². The van der Waals surface area contributed by atoms with E-state index in [1.54, 1.807) is 23.9 Å². The van der Waals surface area contributed by atoms with Gasteiger partial charge in [-0.05, 0) is 56.5 Å². The van der Waals surface area contributed by atoms with Crippen LogP contribution in [-0.2, 0) is 4.79 Å². The molecule has 0 bridgehead atoms. The Hall–Kier alpha value is -3.06. The lowest BCUT2D eigenvalue weighted by molar-refractivity contribution is -0.120. The number of benzene rings is 1. The zero-order chi connectivity index (χ0) is 20.7. The van der Waals surface area contributed by atoms with E-state index in [0.717, 1.165) is 58.6 Å². The van der Waals surface area contributed by atoms with Crippen LogP contribution in [0.5, 0.6) is 0 Å². The van der Waals surface area contributed by atoms with Crippen LogP contribution >= 0.6 is 11.3 Å². The Kier molecular flexibility index (Phi) is 4.83. The average molecular weight is 418 g/mol. The molecule has 0 spiro atoms. The summed E-state index contributed by atoms with van der Waals surface area (Å²) in [5.74, 6) is 1.08. The maximum absolute atomic E-state index is 13.0. The molecule has 7 heteroatoms. The number of pyridine rings is 1. The Bertz CT molecular complexity index is 1240. The van der Waals surface area contributed by atoms with E-state index in [4.69, 9.17) is 0 Å². The van der Waals surface area contributed by atoms with Crippen LogP contribution in [0.2, 0.25) is 0 Å². The van der Waals surface area contributed by atoms with Gasteiger partial charge in [-0.3, -0.25) is 9.78 Å². The van der Waals surface area contributed by atoms with E-state index < -0.39 is 0 Å². The molecule has 0 unspecified atom stereocenters. The Morgan fingerprint density at radius 2 is 1.93 bits per heavy atom. The molecule has 30 heavy (non-hydrogen) atoms. The first-order chi connectivity index (χ1) is 14.6. The summed E-state index contributed by atoms with van der Waals surface area (Å²) in [4.78, 5) is 31.0. The molecule has 0 saturated carbocycles. The van der Waals surface area contributed by atoms with E-state index in [2.05, 4.69) is 39.0 Å². The first-order valence-corrected chi connectivity index (χ1v) is 11.0. The van der Waals surface area contributed by atoms with E-state index in [9.17, 15) is 4.79 Å². The van der Waals surface area contributed by atoms with Gasteiger partial charge in [0.1, 0.15) is 17.0 Å². The quantitative estimate of drug-likeness (QED) is 0.523. The number of piperidine rings is 1. The lowest BCUT2D eigenvalue weighted by atomic mass is 9.95.